The molecule has 0 atom stereocenters. The molecule has 6 heteroatoms. The van der Waals surface area contributed by atoms with Crippen LogP contribution in [0.3, 0.4) is 0 Å². The van der Waals surface area contributed by atoms with Gasteiger partial charge < -0.3 is 19.1 Å². The Morgan fingerprint density at radius 1 is 1.37 bits per heavy atom. The minimum Gasteiger partial charge on any atom is -0.493 e. The third-order valence-electron chi connectivity index (χ3n) is 2.73. The Morgan fingerprint density at radius 3 is 2.79 bits per heavy atom. The second-order valence-corrected chi connectivity index (χ2v) is 3.82. The lowest BCUT2D eigenvalue weighted by atomic mass is 10.3. The fourth-order valence-electron chi connectivity index (χ4n) is 1.87. The van der Waals surface area contributed by atoms with E-state index in [1.165, 1.54) is 13.2 Å². The number of aromatic carboxylic acids is 1. The van der Waals surface area contributed by atoms with Crippen molar-refractivity contribution in [2.24, 2.45) is 0 Å². The van der Waals surface area contributed by atoms with Crippen LogP contribution in [0.4, 0.5) is 0 Å². The van der Waals surface area contributed by atoms with Crippen molar-refractivity contribution in [2.75, 3.05) is 14.2 Å². The quantitative estimate of drug-likeness (QED) is 0.886. The number of hydrogen-bond donors (Lipinski definition) is 1. The van der Waals surface area contributed by atoms with Crippen LogP contribution in [0.25, 0.3) is 0 Å². The molecule has 19 heavy (non-hydrogen) atoms. The summed E-state index contributed by atoms with van der Waals surface area (Å²) in [5.41, 5.74) is 0.812. The van der Waals surface area contributed by atoms with E-state index in [9.17, 15) is 4.79 Å². The first-order chi connectivity index (χ1) is 9.17. The number of carbonyl (C=O) groups is 1. The fourth-order valence-corrected chi connectivity index (χ4v) is 1.87. The van der Waals surface area contributed by atoms with Crippen molar-refractivity contribution >= 4 is 5.97 Å². The van der Waals surface area contributed by atoms with Crippen LogP contribution in [0.15, 0.2) is 30.6 Å². The highest BCUT2D eigenvalue weighted by Crippen LogP contribution is 2.29. The second-order valence-electron chi connectivity index (χ2n) is 3.82. The molecule has 0 radical (unpaired) electrons. The molecule has 0 saturated heterocycles. The van der Waals surface area contributed by atoms with Gasteiger partial charge in [-0.15, -0.1) is 0 Å². The van der Waals surface area contributed by atoms with Crippen LogP contribution in [0.5, 0.6) is 11.5 Å². The highest BCUT2D eigenvalue weighted by atomic mass is 16.5. The van der Waals surface area contributed by atoms with Gasteiger partial charge in [0.1, 0.15) is 11.4 Å². The van der Waals surface area contributed by atoms with E-state index >= 15 is 0 Å². The van der Waals surface area contributed by atoms with Gasteiger partial charge in [0.25, 0.3) is 0 Å². The average molecular weight is 262 g/mol. The number of aromatic nitrogens is 2. The largest absolute Gasteiger partial charge is 0.493 e. The molecule has 0 aliphatic carbocycles. The van der Waals surface area contributed by atoms with Crippen molar-refractivity contribution in [3.63, 3.8) is 0 Å². The summed E-state index contributed by atoms with van der Waals surface area (Å²) in [4.78, 5) is 15.3. The maximum Gasteiger partial charge on any atom is 0.352 e. The number of carboxylic acids is 1. The number of nitrogens with zero attached hydrogens (tertiary/aromatic N) is 2. The van der Waals surface area contributed by atoms with E-state index in [1.807, 2.05) is 0 Å². The minimum atomic E-state index is -0.980. The molecule has 2 heterocycles. The van der Waals surface area contributed by atoms with Crippen molar-refractivity contribution in [2.45, 2.75) is 6.54 Å². The van der Waals surface area contributed by atoms with E-state index in [-0.39, 0.29) is 5.69 Å². The molecule has 0 aliphatic heterocycles. The summed E-state index contributed by atoms with van der Waals surface area (Å²) >= 11 is 0. The third kappa shape index (κ3) is 2.52. The van der Waals surface area contributed by atoms with Crippen molar-refractivity contribution in [1.29, 1.82) is 0 Å². The highest BCUT2D eigenvalue weighted by molar-refractivity contribution is 5.85. The summed E-state index contributed by atoms with van der Waals surface area (Å²) in [6, 6.07) is 4.90. The van der Waals surface area contributed by atoms with Crippen molar-refractivity contribution in [3.05, 3.63) is 42.0 Å². The first-order valence-electron chi connectivity index (χ1n) is 5.61. The molecular weight excluding hydrogens is 248 g/mol. The number of pyridine rings is 1. The fraction of sp³-hybridized carbons (Fsp3) is 0.231. The standard InChI is InChI=1S/C13H14N2O4/c1-18-11-5-6-14-9(12(11)19-2)8-15-7-3-4-10(15)13(16)17/h3-7H,8H2,1-2H3,(H,16,17). The average Bonchev–Trinajstić information content (AvgIpc) is 2.86. The molecule has 1 N–H and O–H groups in total. The zero-order valence-electron chi connectivity index (χ0n) is 10.7. The Labute approximate surface area is 110 Å². The molecule has 2 rings (SSSR count). The zero-order chi connectivity index (χ0) is 13.8. The summed E-state index contributed by atoms with van der Waals surface area (Å²) < 4.78 is 12.0. The lowest BCUT2D eigenvalue weighted by Crippen LogP contribution is -2.10. The first-order valence-corrected chi connectivity index (χ1v) is 5.61. The summed E-state index contributed by atoms with van der Waals surface area (Å²) in [6.45, 7) is 0.301. The molecule has 0 aromatic carbocycles. The Balaban J connectivity index is 2.38. The van der Waals surface area contributed by atoms with Crippen LogP contribution in [0.2, 0.25) is 0 Å². The smallest absolute Gasteiger partial charge is 0.352 e. The van der Waals surface area contributed by atoms with E-state index in [2.05, 4.69) is 4.98 Å². The van der Waals surface area contributed by atoms with E-state index in [1.54, 1.807) is 36.2 Å². The topological polar surface area (TPSA) is 73.6 Å². The molecular formula is C13H14N2O4. The van der Waals surface area contributed by atoms with E-state index in [0.29, 0.717) is 23.7 Å². The van der Waals surface area contributed by atoms with E-state index in [0.717, 1.165) is 0 Å². The van der Waals surface area contributed by atoms with E-state index < -0.39 is 5.97 Å². The van der Waals surface area contributed by atoms with Gasteiger partial charge in [0, 0.05) is 18.5 Å². The molecule has 0 amide bonds. The molecule has 2 aromatic rings. The molecule has 2 aromatic heterocycles. The van der Waals surface area contributed by atoms with Gasteiger partial charge in [-0.2, -0.15) is 0 Å². The number of hydrogen-bond acceptors (Lipinski definition) is 4. The predicted molar refractivity (Wildman–Crippen MR) is 67.8 cm³/mol. The Hall–Kier alpha value is -2.50. The molecule has 0 bridgehead atoms. The van der Waals surface area contributed by atoms with Crippen LogP contribution in [-0.2, 0) is 6.54 Å². The lowest BCUT2D eigenvalue weighted by Gasteiger charge is -2.12. The lowest BCUT2D eigenvalue weighted by molar-refractivity contribution is 0.0685. The van der Waals surface area contributed by atoms with Gasteiger partial charge in [0.05, 0.1) is 20.8 Å². The molecule has 0 aliphatic rings. The molecule has 0 saturated carbocycles. The van der Waals surface area contributed by atoms with Gasteiger partial charge in [-0.1, -0.05) is 0 Å². The summed E-state index contributed by atoms with van der Waals surface area (Å²) in [7, 11) is 3.07. The summed E-state index contributed by atoms with van der Waals surface area (Å²) in [6.07, 6.45) is 3.28. The van der Waals surface area contributed by atoms with Crippen LogP contribution in [0, 0.1) is 0 Å². The van der Waals surface area contributed by atoms with Gasteiger partial charge in [-0.05, 0) is 12.1 Å². The maximum absolute atomic E-state index is 11.1. The van der Waals surface area contributed by atoms with Crippen LogP contribution in [0.1, 0.15) is 16.2 Å². The zero-order valence-corrected chi connectivity index (χ0v) is 10.7. The van der Waals surface area contributed by atoms with E-state index in [4.69, 9.17) is 14.6 Å². The number of carboxylic acid groups (broad SMARTS) is 1. The number of ether oxygens (including phenoxy) is 2. The number of rotatable bonds is 5. The summed E-state index contributed by atoms with van der Waals surface area (Å²) in [5, 5.41) is 9.06. The molecule has 100 valence electrons. The molecule has 6 nitrogen and oxygen atoms in total. The predicted octanol–water partition coefficient (Wildman–Crippen LogP) is 1.65. The third-order valence-corrected chi connectivity index (χ3v) is 2.73. The van der Waals surface area contributed by atoms with Crippen molar-refractivity contribution < 1.29 is 19.4 Å². The van der Waals surface area contributed by atoms with Crippen LogP contribution < -0.4 is 9.47 Å². The van der Waals surface area contributed by atoms with Crippen molar-refractivity contribution in [1.82, 2.24) is 9.55 Å². The second kappa shape index (κ2) is 5.43. The Morgan fingerprint density at radius 2 is 2.16 bits per heavy atom. The molecule has 0 fully saturated rings. The highest BCUT2D eigenvalue weighted by Gasteiger charge is 2.14. The van der Waals surface area contributed by atoms with Gasteiger partial charge in [0.15, 0.2) is 11.5 Å². The Bertz CT molecular complexity index is 592. The van der Waals surface area contributed by atoms with Gasteiger partial charge in [-0.25, -0.2) is 4.79 Å². The van der Waals surface area contributed by atoms with Gasteiger partial charge in [0.2, 0.25) is 0 Å². The maximum atomic E-state index is 11.1. The first kappa shape index (κ1) is 12.9. The van der Waals surface area contributed by atoms with Crippen LogP contribution >= 0.6 is 0 Å². The number of methoxy groups -OCH3 is 2. The van der Waals surface area contributed by atoms with Gasteiger partial charge in [-0.3, -0.25) is 4.98 Å². The minimum absolute atomic E-state index is 0.201. The normalized spacial score (nSPS) is 10.2. The molecule has 0 spiro atoms. The van der Waals surface area contributed by atoms with Crippen molar-refractivity contribution in [3.8, 4) is 11.5 Å². The molecule has 0 unspecified atom stereocenters. The Kier molecular flexibility index (Phi) is 3.70. The van der Waals surface area contributed by atoms with Gasteiger partial charge >= 0.3 is 5.97 Å². The summed E-state index contributed by atoms with van der Waals surface area (Å²) in [5.74, 6) is 0.0958. The monoisotopic (exact) mass is 262 g/mol. The van der Waals surface area contributed by atoms with Crippen LogP contribution in [-0.4, -0.2) is 34.8 Å². The SMILES string of the molecule is COc1ccnc(Cn2cccc2C(=O)O)c1OC.